The number of fused-ring (bicyclic) bond motifs is 1. The molecule has 4 nitrogen and oxygen atoms in total. The molecule has 4 heteroatoms. The van der Waals surface area contributed by atoms with Crippen LogP contribution in [0.15, 0.2) is 18.3 Å². The standard InChI is InChI=1S/C16H26N4/c1-4-8-20-15(10-13(11-17)9-12(2)3)19-14-6-5-7-18-16(14)20/h5-7,12-13H,4,8-11,17H2,1-3H3. The van der Waals surface area contributed by atoms with Crippen molar-refractivity contribution in [3.63, 3.8) is 0 Å². The van der Waals surface area contributed by atoms with Crippen LogP contribution in [0.5, 0.6) is 0 Å². The lowest BCUT2D eigenvalue weighted by atomic mass is 9.94. The lowest BCUT2D eigenvalue weighted by molar-refractivity contribution is 0.403. The zero-order valence-electron chi connectivity index (χ0n) is 12.8. The van der Waals surface area contributed by atoms with Crippen LogP contribution in [0.3, 0.4) is 0 Å². The molecule has 1 atom stereocenters. The Balaban J connectivity index is 2.29. The van der Waals surface area contributed by atoms with Crippen molar-refractivity contribution in [1.82, 2.24) is 14.5 Å². The summed E-state index contributed by atoms with van der Waals surface area (Å²) >= 11 is 0. The zero-order valence-corrected chi connectivity index (χ0v) is 12.8. The van der Waals surface area contributed by atoms with E-state index in [1.807, 2.05) is 18.3 Å². The second-order valence-corrected chi connectivity index (χ2v) is 5.96. The van der Waals surface area contributed by atoms with Gasteiger partial charge in [0.1, 0.15) is 11.3 Å². The monoisotopic (exact) mass is 274 g/mol. The molecule has 0 radical (unpaired) electrons. The minimum atomic E-state index is 0.502. The molecule has 1 unspecified atom stereocenters. The van der Waals surface area contributed by atoms with Crippen LogP contribution in [-0.4, -0.2) is 21.1 Å². The van der Waals surface area contributed by atoms with Crippen molar-refractivity contribution < 1.29 is 0 Å². The molecule has 0 spiro atoms. The first kappa shape index (κ1) is 15.0. The van der Waals surface area contributed by atoms with Gasteiger partial charge in [-0.1, -0.05) is 20.8 Å². The summed E-state index contributed by atoms with van der Waals surface area (Å²) in [5.74, 6) is 2.31. The molecule has 2 N–H and O–H groups in total. The van der Waals surface area contributed by atoms with Crippen LogP contribution in [0.4, 0.5) is 0 Å². The molecular formula is C16H26N4. The van der Waals surface area contributed by atoms with Crippen LogP contribution in [-0.2, 0) is 13.0 Å². The van der Waals surface area contributed by atoms with E-state index in [1.165, 1.54) is 0 Å². The van der Waals surface area contributed by atoms with Gasteiger partial charge in [-0.15, -0.1) is 0 Å². The van der Waals surface area contributed by atoms with Gasteiger partial charge in [0.2, 0.25) is 0 Å². The Morgan fingerprint density at radius 1 is 1.35 bits per heavy atom. The number of hydrogen-bond donors (Lipinski definition) is 1. The topological polar surface area (TPSA) is 56.7 Å². The maximum Gasteiger partial charge on any atom is 0.159 e. The first-order valence-corrected chi connectivity index (χ1v) is 7.65. The zero-order chi connectivity index (χ0) is 14.5. The fraction of sp³-hybridized carbons (Fsp3) is 0.625. The smallest absolute Gasteiger partial charge is 0.159 e. The van der Waals surface area contributed by atoms with Gasteiger partial charge in [-0.2, -0.15) is 0 Å². The largest absolute Gasteiger partial charge is 0.330 e. The average molecular weight is 274 g/mol. The van der Waals surface area contributed by atoms with Crippen molar-refractivity contribution in [2.45, 2.75) is 46.6 Å². The van der Waals surface area contributed by atoms with Gasteiger partial charge in [-0.3, -0.25) is 0 Å². The Morgan fingerprint density at radius 2 is 2.15 bits per heavy atom. The molecule has 2 rings (SSSR count). The summed E-state index contributed by atoms with van der Waals surface area (Å²) in [6, 6.07) is 3.99. The van der Waals surface area contributed by atoms with Crippen LogP contribution in [0.1, 0.15) is 39.4 Å². The van der Waals surface area contributed by atoms with Gasteiger partial charge >= 0.3 is 0 Å². The number of nitrogens with zero attached hydrogens (tertiary/aromatic N) is 3. The maximum atomic E-state index is 5.93. The van der Waals surface area contributed by atoms with Gasteiger partial charge in [-0.25, -0.2) is 9.97 Å². The third-order valence-corrected chi connectivity index (χ3v) is 3.64. The van der Waals surface area contributed by atoms with Crippen molar-refractivity contribution in [3.05, 3.63) is 24.2 Å². The first-order valence-electron chi connectivity index (χ1n) is 7.65. The summed E-state index contributed by atoms with van der Waals surface area (Å²) in [5, 5.41) is 0. The highest BCUT2D eigenvalue weighted by molar-refractivity contribution is 5.71. The van der Waals surface area contributed by atoms with Gasteiger partial charge < -0.3 is 10.3 Å². The molecule has 2 aromatic rings. The Kier molecular flexibility index (Phi) is 5.12. The molecule has 0 bridgehead atoms. The van der Waals surface area contributed by atoms with Gasteiger partial charge in [-0.05, 0) is 43.4 Å². The SMILES string of the molecule is CCCn1c(CC(CN)CC(C)C)nc2cccnc21. The van der Waals surface area contributed by atoms with Gasteiger partial charge in [0, 0.05) is 19.2 Å². The van der Waals surface area contributed by atoms with E-state index >= 15 is 0 Å². The van der Waals surface area contributed by atoms with Crippen LogP contribution in [0.2, 0.25) is 0 Å². The number of nitrogens with two attached hydrogens (primary N) is 1. The fourth-order valence-electron chi connectivity index (χ4n) is 2.81. The minimum Gasteiger partial charge on any atom is -0.330 e. The highest BCUT2D eigenvalue weighted by Gasteiger charge is 2.16. The number of aromatic nitrogens is 3. The quantitative estimate of drug-likeness (QED) is 0.844. The Hall–Kier alpha value is -1.42. The lowest BCUT2D eigenvalue weighted by Gasteiger charge is -2.17. The average Bonchev–Trinajstić information content (AvgIpc) is 2.76. The van der Waals surface area contributed by atoms with E-state index in [0.29, 0.717) is 11.8 Å². The van der Waals surface area contributed by atoms with Crippen LogP contribution in [0.25, 0.3) is 11.2 Å². The van der Waals surface area contributed by atoms with Crippen LogP contribution >= 0.6 is 0 Å². The predicted octanol–water partition coefficient (Wildman–Crippen LogP) is 3.00. The molecule has 0 aliphatic heterocycles. The van der Waals surface area contributed by atoms with E-state index in [2.05, 4.69) is 30.3 Å². The number of hydrogen-bond acceptors (Lipinski definition) is 3. The summed E-state index contributed by atoms with van der Waals surface area (Å²) in [6.07, 6.45) is 5.03. The summed E-state index contributed by atoms with van der Waals surface area (Å²) < 4.78 is 2.26. The highest BCUT2D eigenvalue weighted by Crippen LogP contribution is 2.20. The van der Waals surface area contributed by atoms with E-state index in [-0.39, 0.29) is 0 Å². The number of imidazole rings is 1. The summed E-state index contributed by atoms with van der Waals surface area (Å²) in [7, 11) is 0. The molecule has 2 aromatic heterocycles. The molecule has 0 fully saturated rings. The summed E-state index contributed by atoms with van der Waals surface area (Å²) in [5.41, 5.74) is 7.94. The normalized spacial score (nSPS) is 13.2. The molecule has 2 heterocycles. The van der Waals surface area contributed by atoms with Gasteiger partial charge in [0.25, 0.3) is 0 Å². The molecule has 0 amide bonds. The van der Waals surface area contributed by atoms with Crippen LogP contribution < -0.4 is 5.73 Å². The molecule has 0 saturated heterocycles. The van der Waals surface area contributed by atoms with E-state index in [4.69, 9.17) is 10.7 Å². The highest BCUT2D eigenvalue weighted by atomic mass is 15.1. The molecule has 0 aliphatic rings. The summed E-state index contributed by atoms with van der Waals surface area (Å²) in [6.45, 7) is 8.38. The van der Waals surface area contributed by atoms with E-state index in [1.54, 1.807) is 0 Å². The Labute approximate surface area is 121 Å². The maximum absolute atomic E-state index is 5.93. The van der Waals surface area contributed by atoms with Crippen molar-refractivity contribution in [1.29, 1.82) is 0 Å². The van der Waals surface area contributed by atoms with Crippen molar-refractivity contribution >= 4 is 11.2 Å². The molecule has 110 valence electrons. The molecule has 0 saturated carbocycles. The summed E-state index contributed by atoms with van der Waals surface area (Å²) in [4.78, 5) is 9.25. The predicted molar refractivity (Wildman–Crippen MR) is 83.5 cm³/mol. The molecule has 0 aliphatic carbocycles. The van der Waals surface area contributed by atoms with Gasteiger partial charge in [0.15, 0.2) is 5.65 Å². The Bertz CT molecular complexity index is 544. The minimum absolute atomic E-state index is 0.502. The van der Waals surface area contributed by atoms with Crippen molar-refractivity contribution in [2.75, 3.05) is 6.54 Å². The second-order valence-electron chi connectivity index (χ2n) is 5.96. The van der Waals surface area contributed by atoms with Gasteiger partial charge in [0.05, 0.1) is 0 Å². The molecular weight excluding hydrogens is 248 g/mol. The van der Waals surface area contributed by atoms with E-state index < -0.39 is 0 Å². The van der Waals surface area contributed by atoms with Crippen molar-refractivity contribution in [2.24, 2.45) is 17.6 Å². The lowest BCUT2D eigenvalue weighted by Crippen LogP contribution is -2.21. The van der Waals surface area contributed by atoms with Crippen LogP contribution in [0, 0.1) is 11.8 Å². The van der Waals surface area contributed by atoms with E-state index in [0.717, 1.165) is 49.3 Å². The third kappa shape index (κ3) is 3.37. The molecule has 20 heavy (non-hydrogen) atoms. The van der Waals surface area contributed by atoms with E-state index in [9.17, 15) is 0 Å². The number of rotatable bonds is 7. The third-order valence-electron chi connectivity index (χ3n) is 3.64. The molecule has 0 aromatic carbocycles. The van der Waals surface area contributed by atoms with Crippen molar-refractivity contribution in [3.8, 4) is 0 Å². The number of pyridine rings is 1. The first-order chi connectivity index (χ1) is 9.65. The number of aryl methyl sites for hydroxylation is 1. The Morgan fingerprint density at radius 3 is 2.80 bits per heavy atom. The second kappa shape index (κ2) is 6.84. The fourth-order valence-corrected chi connectivity index (χ4v) is 2.81.